The van der Waals surface area contributed by atoms with Gasteiger partial charge in [0.15, 0.2) is 0 Å². The third-order valence-corrected chi connectivity index (χ3v) is 6.94. The Morgan fingerprint density at radius 2 is 1.64 bits per heavy atom. The van der Waals surface area contributed by atoms with Gasteiger partial charge in [-0.05, 0) is 69.1 Å². The zero-order chi connectivity index (χ0) is 18.4. The molecule has 1 aliphatic heterocycles. The van der Waals surface area contributed by atoms with Crippen LogP contribution in [0.5, 0.6) is 0 Å². The second-order valence-corrected chi connectivity index (χ2v) is 8.38. The van der Waals surface area contributed by atoms with Crippen LogP contribution in [0.4, 0.5) is 5.69 Å². The van der Waals surface area contributed by atoms with Crippen molar-refractivity contribution in [1.29, 1.82) is 0 Å². The van der Waals surface area contributed by atoms with Crippen molar-refractivity contribution in [2.75, 3.05) is 0 Å². The van der Waals surface area contributed by atoms with Gasteiger partial charge in [0.25, 0.3) is 0 Å². The van der Waals surface area contributed by atoms with Crippen molar-refractivity contribution >= 4 is 22.2 Å². The lowest BCUT2D eigenvalue weighted by atomic mass is 9.65. The second-order valence-electron chi connectivity index (χ2n) is 8.38. The zero-order valence-corrected chi connectivity index (χ0v) is 15.7. The van der Waals surface area contributed by atoms with Crippen LogP contribution in [0.1, 0.15) is 50.8 Å². The maximum absolute atomic E-state index is 5.25. The highest BCUT2D eigenvalue weighted by atomic mass is 14.8. The fraction of sp³-hybridized carbons (Fsp3) is 0.148. The van der Waals surface area contributed by atoms with Crippen LogP contribution in [0.15, 0.2) is 77.8 Å². The average molecular weight is 357 g/mol. The van der Waals surface area contributed by atoms with Crippen molar-refractivity contribution in [3.05, 3.63) is 112 Å². The van der Waals surface area contributed by atoms with Crippen LogP contribution in [-0.2, 0) is 6.42 Å². The first kappa shape index (κ1) is 14.8. The number of rotatable bonds is 1. The molecule has 0 aromatic heterocycles. The van der Waals surface area contributed by atoms with Gasteiger partial charge in [0.1, 0.15) is 0 Å². The van der Waals surface area contributed by atoms with Crippen molar-refractivity contribution in [2.24, 2.45) is 4.99 Å². The van der Waals surface area contributed by atoms with E-state index in [1.165, 1.54) is 61.1 Å². The highest BCUT2D eigenvalue weighted by molar-refractivity contribution is 6.15. The van der Waals surface area contributed by atoms with E-state index in [4.69, 9.17) is 4.99 Å². The van der Waals surface area contributed by atoms with Gasteiger partial charge in [0, 0.05) is 11.6 Å². The quantitative estimate of drug-likeness (QED) is 0.373. The minimum Gasteiger partial charge on any atom is -0.255 e. The molecule has 2 unspecified atom stereocenters. The monoisotopic (exact) mass is 357 g/mol. The lowest BCUT2D eigenvalue weighted by Gasteiger charge is -2.37. The van der Waals surface area contributed by atoms with Crippen LogP contribution in [0.2, 0.25) is 0 Å². The molecule has 4 aromatic rings. The topological polar surface area (TPSA) is 12.4 Å². The molecule has 2 aliphatic carbocycles. The Labute approximate surface area is 164 Å². The Morgan fingerprint density at radius 3 is 2.54 bits per heavy atom. The molecule has 4 aromatic carbocycles. The molecule has 0 fully saturated rings. The summed E-state index contributed by atoms with van der Waals surface area (Å²) in [5.41, 5.74) is 12.6. The molecule has 0 bridgehead atoms. The Bertz CT molecular complexity index is 1340. The molecule has 2 atom stereocenters. The summed E-state index contributed by atoms with van der Waals surface area (Å²) in [6.07, 6.45) is 1.03. The first-order chi connectivity index (χ1) is 13.8. The van der Waals surface area contributed by atoms with Gasteiger partial charge in [-0.3, -0.25) is 4.99 Å². The summed E-state index contributed by atoms with van der Waals surface area (Å²) in [6, 6.07) is 26.9. The molecular weight excluding hydrogens is 338 g/mol. The van der Waals surface area contributed by atoms with Crippen molar-refractivity contribution < 1.29 is 0 Å². The lowest BCUT2D eigenvalue weighted by molar-refractivity contribution is 0.913. The molecule has 0 amide bonds. The summed E-state index contributed by atoms with van der Waals surface area (Å²) < 4.78 is 0. The first-order valence-corrected chi connectivity index (χ1v) is 10.1. The fourth-order valence-corrected chi connectivity index (χ4v) is 5.91. The van der Waals surface area contributed by atoms with Gasteiger partial charge < -0.3 is 0 Å². The van der Waals surface area contributed by atoms with Crippen molar-refractivity contribution in [2.45, 2.75) is 25.2 Å². The largest absolute Gasteiger partial charge is 0.255 e. The summed E-state index contributed by atoms with van der Waals surface area (Å²) >= 11 is 0. The molecule has 0 saturated carbocycles. The molecule has 0 spiro atoms. The predicted molar refractivity (Wildman–Crippen MR) is 115 cm³/mol. The van der Waals surface area contributed by atoms with E-state index in [-0.39, 0.29) is 5.92 Å². The maximum atomic E-state index is 5.25. The third-order valence-electron chi connectivity index (χ3n) is 6.94. The fourth-order valence-electron chi connectivity index (χ4n) is 5.91. The maximum Gasteiger partial charge on any atom is 0.0674 e. The molecular formula is C27H19N. The van der Waals surface area contributed by atoms with Crippen LogP contribution >= 0.6 is 0 Å². The Balaban J connectivity index is 1.68. The Morgan fingerprint density at radius 1 is 0.786 bits per heavy atom. The molecule has 28 heavy (non-hydrogen) atoms. The van der Waals surface area contributed by atoms with E-state index < -0.39 is 0 Å². The van der Waals surface area contributed by atoms with Gasteiger partial charge in [-0.25, -0.2) is 0 Å². The van der Waals surface area contributed by atoms with Crippen LogP contribution in [0, 0.1) is 6.92 Å². The van der Waals surface area contributed by atoms with E-state index in [0.717, 1.165) is 6.42 Å². The van der Waals surface area contributed by atoms with Gasteiger partial charge in [-0.2, -0.15) is 0 Å². The number of nitrogens with zero attached hydrogens (tertiary/aromatic N) is 1. The number of aliphatic imine (C=N–C) groups is 1. The second kappa shape index (κ2) is 4.99. The van der Waals surface area contributed by atoms with Gasteiger partial charge in [0.05, 0.1) is 11.6 Å². The molecule has 132 valence electrons. The summed E-state index contributed by atoms with van der Waals surface area (Å²) in [5, 5.41) is 2.89. The van der Waals surface area contributed by atoms with E-state index in [1.807, 2.05) is 0 Å². The van der Waals surface area contributed by atoms with Gasteiger partial charge in [0.2, 0.25) is 0 Å². The SMILES string of the molecule is Cc1cc2c3c4c(cccc14)C(c1ccccc1)C1=Nc4cccc(c4C13)C2. The average Bonchev–Trinajstić information content (AvgIpc) is 3.11. The Kier molecular flexibility index (Phi) is 2.64. The van der Waals surface area contributed by atoms with E-state index in [1.54, 1.807) is 0 Å². The van der Waals surface area contributed by atoms with Gasteiger partial charge in [-0.15, -0.1) is 0 Å². The van der Waals surface area contributed by atoms with Gasteiger partial charge in [-0.1, -0.05) is 66.7 Å². The summed E-state index contributed by atoms with van der Waals surface area (Å²) in [6.45, 7) is 2.26. The minimum absolute atomic E-state index is 0.232. The summed E-state index contributed by atoms with van der Waals surface area (Å²) in [7, 11) is 0. The van der Waals surface area contributed by atoms with E-state index in [0.29, 0.717) is 5.92 Å². The molecule has 3 aliphatic rings. The van der Waals surface area contributed by atoms with Crippen LogP contribution in [0.3, 0.4) is 0 Å². The number of hydrogen-bond donors (Lipinski definition) is 0. The molecule has 0 radical (unpaired) electrons. The minimum atomic E-state index is 0.232. The molecule has 0 saturated heterocycles. The first-order valence-electron chi connectivity index (χ1n) is 10.1. The van der Waals surface area contributed by atoms with Crippen LogP contribution < -0.4 is 0 Å². The lowest BCUT2D eigenvalue weighted by Crippen LogP contribution is -2.28. The third kappa shape index (κ3) is 1.66. The van der Waals surface area contributed by atoms with Crippen LogP contribution in [0.25, 0.3) is 10.8 Å². The molecule has 1 nitrogen and oxygen atoms in total. The van der Waals surface area contributed by atoms with Crippen molar-refractivity contribution in [3.8, 4) is 0 Å². The van der Waals surface area contributed by atoms with E-state index in [9.17, 15) is 0 Å². The Hall–Kier alpha value is -3.19. The smallest absolute Gasteiger partial charge is 0.0674 e. The highest BCUT2D eigenvalue weighted by Gasteiger charge is 2.44. The standard InChI is InChI=1S/C27H19N/c1-15-13-18-14-17-9-5-12-21-23(17)26-24(18)25-19(15)10-6-11-20(25)22(27(26)28-21)16-7-3-2-4-8-16/h2-13,22,26H,14H2,1H3. The highest BCUT2D eigenvalue weighted by Crippen LogP contribution is 2.56. The van der Waals surface area contributed by atoms with Crippen molar-refractivity contribution in [3.63, 3.8) is 0 Å². The van der Waals surface area contributed by atoms with E-state index >= 15 is 0 Å². The zero-order valence-electron chi connectivity index (χ0n) is 15.7. The molecule has 0 N–H and O–H groups in total. The van der Waals surface area contributed by atoms with Gasteiger partial charge >= 0.3 is 0 Å². The number of hydrogen-bond acceptors (Lipinski definition) is 1. The van der Waals surface area contributed by atoms with Crippen LogP contribution in [-0.4, -0.2) is 5.71 Å². The van der Waals surface area contributed by atoms with Crippen molar-refractivity contribution in [1.82, 2.24) is 0 Å². The molecule has 1 heterocycles. The summed E-state index contributed by atoms with van der Waals surface area (Å²) in [4.78, 5) is 5.25. The summed E-state index contributed by atoms with van der Waals surface area (Å²) in [5.74, 6) is 0.550. The molecule has 7 rings (SSSR count). The van der Waals surface area contributed by atoms with E-state index in [2.05, 4.69) is 79.7 Å². The number of benzene rings is 4. The number of aryl methyl sites for hydroxylation is 1. The molecule has 1 heteroatoms. The normalized spacial score (nSPS) is 20.4. The predicted octanol–water partition coefficient (Wildman–Crippen LogP) is 6.42.